The van der Waals surface area contributed by atoms with Crippen molar-refractivity contribution in [3.63, 3.8) is 0 Å². The van der Waals surface area contributed by atoms with Gasteiger partial charge in [-0.05, 0) is 68.9 Å². The number of carbonyl (C=O) groups is 1. The predicted octanol–water partition coefficient (Wildman–Crippen LogP) is 3.00. The van der Waals surface area contributed by atoms with Crippen molar-refractivity contribution in [1.82, 2.24) is 10.2 Å². The number of halogens is 1. The molecule has 1 saturated carbocycles. The van der Waals surface area contributed by atoms with Gasteiger partial charge in [-0.2, -0.15) is 0 Å². The maximum atomic E-state index is 10.9. The average molecular weight is 323 g/mol. The summed E-state index contributed by atoms with van der Waals surface area (Å²) in [6.45, 7) is 4.15. The van der Waals surface area contributed by atoms with Gasteiger partial charge < -0.3 is 10.4 Å². The second-order valence-corrected chi connectivity index (χ2v) is 6.92. The van der Waals surface area contributed by atoms with Crippen LogP contribution in [0.25, 0.3) is 0 Å². The largest absolute Gasteiger partial charge is 0.478 e. The topological polar surface area (TPSA) is 52.6 Å². The minimum absolute atomic E-state index is 0.249. The number of carboxylic acid groups (broad SMARTS) is 1. The first-order valence-electron chi connectivity index (χ1n) is 8.09. The van der Waals surface area contributed by atoms with Gasteiger partial charge in [-0.25, -0.2) is 4.79 Å². The van der Waals surface area contributed by atoms with Crippen LogP contribution >= 0.6 is 11.6 Å². The van der Waals surface area contributed by atoms with Crippen LogP contribution in [0.4, 0.5) is 0 Å². The van der Waals surface area contributed by atoms with Gasteiger partial charge in [-0.1, -0.05) is 17.7 Å². The summed E-state index contributed by atoms with van der Waals surface area (Å²) in [4.78, 5) is 13.3. The van der Waals surface area contributed by atoms with E-state index >= 15 is 0 Å². The van der Waals surface area contributed by atoms with E-state index < -0.39 is 5.97 Å². The number of hydrogen-bond donors (Lipinski definition) is 2. The van der Waals surface area contributed by atoms with E-state index in [1.807, 2.05) is 6.07 Å². The van der Waals surface area contributed by atoms with Gasteiger partial charge in [0.15, 0.2) is 0 Å². The SMILES string of the molecule is O=C(O)c1ccc(CN2CCC(CNC3CC3)CC2)c(Cl)c1. The summed E-state index contributed by atoms with van der Waals surface area (Å²) in [5, 5.41) is 13.1. The normalized spacial score (nSPS) is 20.2. The number of likely N-dealkylation sites (tertiary alicyclic amines) is 1. The standard InChI is InChI=1S/C17H23ClN2O2/c18-16-9-13(17(21)22)1-2-14(16)11-20-7-5-12(6-8-20)10-19-15-3-4-15/h1-2,9,12,15,19H,3-8,10-11H2,(H,21,22). The first-order valence-corrected chi connectivity index (χ1v) is 8.47. The summed E-state index contributed by atoms with van der Waals surface area (Å²) < 4.78 is 0. The molecule has 1 aliphatic heterocycles. The van der Waals surface area contributed by atoms with Crippen LogP contribution in [0.15, 0.2) is 18.2 Å². The summed E-state index contributed by atoms with van der Waals surface area (Å²) in [7, 11) is 0. The van der Waals surface area contributed by atoms with E-state index in [2.05, 4.69) is 10.2 Å². The highest BCUT2D eigenvalue weighted by atomic mass is 35.5. The lowest BCUT2D eigenvalue weighted by atomic mass is 9.96. The summed E-state index contributed by atoms with van der Waals surface area (Å²) in [5.74, 6) is -0.140. The van der Waals surface area contributed by atoms with E-state index in [0.717, 1.165) is 43.7 Å². The summed E-state index contributed by atoms with van der Waals surface area (Å²) in [6, 6.07) is 5.82. The van der Waals surface area contributed by atoms with Crippen LogP contribution in [0.1, 0.15) is 41.6 Å². The van der Waals surface area contributed by atoms with Gasteiger partial charge in [0, 0.05) is 17.6 Å². The van der Waals surface area contributed by atoms with Crippen LogP contribution in [0.3, 0.4) is 0 Å². The number of carboxylic acids is 1. The lowest BCUT2D eigenvalue weighted by Crippen LogP contribution is -2.37. The molecule has 1 saturated heterocycles. The molecule has 5 heteroatoms. The third-order valence-corrected chi connectivity index (χ3v) is 5.03. The minimum atomic E-state index is -0.933. The molecule has 2 fully saturated rings. The molecular formula is C17H23ClN2O2. The van der Waals surface area contributed by atoms with Gasteiger partial charge in [-0.15, -0.1) is 0 Å². The smallest absolute Gasteiger partial charge is 0.335 e. The van der Waals surface area contributed by atoms with Crippen LogP contribution in [-0.2, 0) is 6.54 Å². The van der Waals surface area contributed by atoms with Crippen molar-refractivity contribution in [3.05, 3.63) is 34.3 Å². The quantitative estimate of drug-likeness (QED) is 0.845. The number of piperidine rings is 1. The van der Waals surface area contributed by atoms with E-state index in [4.69, 9.17) is 16.7 Å². The maximum absolute atomic E-state index is 10.9. The van der Waals surface area contributed by atoms with Gasteiger partial charge >= 0.3 is 5.97 Å². The molecule has 3 rings (SSSR count). The number of benzene rings is 1. The first-order chi connectivity index (χ1) is 10.6. The third kappa shape index (κ3) is 4.22. The minimum Gasteiger partial charge on any atom is -0.478 e. The van der Waals surface area contributed by atoms with Crippen LogP contribution in [0, 0.1) is 5.92 Å². The zero-order chi connectivity index (χ0) is 15.5. The second kappa shape index (κ2) is 6.99. The molecule has 0 amide bonds. The highest BCUT2D eigenvalue weighted by Crippen LogP contribution is 2.24. The molecule has 120 valence electrons. The Morgan fingerprint density at radius 3 is 2.59 bits per heavy atom. The summed E-state index contributed by atoms with van der Waals surface area (Å²) >= 11 is 6.21. The van der Waals surface area contributed by atoms with E-state index in [1.165, 1.54) is 25.7 Å². The van der Waals surface area contributed by atoms with Crippen LogP contribution in [-0.4, -0.2) is 41.7 Å². The number of hydrogen-bond acceptors (Lipinski definition) is 3. The lowest BCUT2D eigenvalue weighted by molar-refractivity contribution is 0.0697. The lowest BCUT2D eigenvalue weighted by Gasteiger charge is -2.32. The number of nitrogens with zero attached hydrogens (tertiary/aromatic N) is 1. The molecule has 0 radical (unpaired) electrons. The Bertz CT molecular complexity index is 537. The van der Waals surface area contributed by atoms with Crippen molar-refractivity contribution in [3.8, 4) is 0 Å². The average Bonchev–Trinajstić information content (AvgIpc) is 3.32. The van der Waals surface area contributed by atoms with Gasteiger partial charge in [0.05, 0.1) is 5.56 Å². The molecular weight excluding hydrogens is 300 g/mol. The molecule has 1 aromatic carbocycles. The van der Waals surface area contributed by atoms with Crippen molar-refractivity contribution in [2.24, 2.45) is 5.92 Å². The molecule has 4 nitrogen and oxygen atoms in total. The van der Waals surface area contributed by atoms with Crippen molar-refractivity contribution in [2.45, 2.75) is 38.3 Å². The number of rotatable bonds is 6. The fraction of sp³-hybridized carbons (Fsp3) is 0.588. The van der Waals surface area contributed by atoms with E-state index in [-0.39, 0.29) is 5.56 Å². The van der Waals surface area contributed by atoms with Gasteiger partial charge in [0.25, 0.3) is 0 Å². The van der Waals surface area contributed by atoms with Gasteiger partial charge in [-0.3, -0.25) is 4.90 Å². The molecule has 0 aromatic heterocycles. The Morgan fingerprint density at radius 1 is 1.27 bits per heavy atom. The monoisotopic (exact) mass is 322 g/mol. The molecule has 2 N–H and O–H groups in total. The summed E-state index contributed by atoms with van der Waals surface area (Å²) in [5.41, 5.74) is 1.26. The zero-order valence-corrected chi connectivity index (χ0v) is 13.5. The fourth-order valence-corrected chi connectivity index (χ4v) is 3.26. The van der Waals surface area contributed by atoms with E-state index in [9.17, 15) is 4.79 Å². The van der Waals surface area contributed by atoms with Gasteiger partial charge in [0.2, 0.25) is 0 Å². The summed E-state index contributed by atoms with van der Waals surface area (Å²) in [6.07, 6.45) is 5.16. The van der Waals surface area contributed by atoms with Crippen molar-refractivity contribution in [2.75, 3.05) is 19.6 Å². The third-order valence-electron chi connectivity index (χ3n) is 4.67. The molecule has 1 heterocycles. The number of nitrogens with one attached hydrogen (secondary N) is 1. The van der Waals surface area contributed by atoms with Gasteiger partial charge in [0.1, 0.15) is 0 Å². The predicted molar refractivity (Wildman–Crippen MR) is 87.4 cm³/mol. The Morgan fingerprint density at radius 2 is 2.00 bits per heavy atom. The Hall–Kier alpha value is -1.10. The molecule has 0 unspecified atom stereocenters. The highest BCUT2D eigenvalue weighted by Gasteiger charge is 2.24. The molecule has 0 bridgehead atoms. The van der Waals surface area contributed by atoms with Crippen molar-refractivity contribution in [1.29, 1.82) is 0 Å². The molecule has 1 aromatic rings. The second-order valence-electron chi connectivity index (χ2n) is 6.51. The van der Waals surface area contributed by atoms with E-state index in [1.54, 1.807) is 12.1 Å². The molecule has 0 atom stereocenters. The highest BCUT2D eigenvalue weighted by molar-refractivity contribution is 6.31. The van der Waals surface area contributed by atoms with Crippen LogP contribution < -0.4 is 5.32 Å². The number of aromatic carboxylic acids is 1. The van der Waals surface area contributed by atoms with Crippen molar-refractivity contribution >= 4 is 17.6 Å². The zero-order valence-electron chi connectivity index (χ0n) is 12.7. The Balaban J connectivity index is 1.48. The maximum Gasteiger partial charge on any atom is 0.335 e. The van der Waals surface area contributed by atoms with Crippen molar-refractivity contribution < 1.29 is 9.90 Å². The molecule has 2 aliphatic rings. The van der Waals surface area contributed by atoms with E-state index in [0.29, 0.717) is 5.02 Å². The molecule has 1 aliphatic carbocycles. The van der Waals surface area contributed by atoms with Crippen LogP contribution in [0.5, 0.6) is 0 Å². The molecule has 0 spiro atoms. The Labute approximate surface area is 136 Å². The van der Waals surface area contributed by atoms with Crippen LogP contribution in [0.2, 0.25) is 5.02 Å². The Kier molecular flexibility index (Phi) is 5.01. The first kappa shape index (κ1) is 15.8. The fourth-order valence-electron chi connectivity index (χ4n) is 3.02. The molecule has 22 heavy (non-hydrogen) atoms.